The van der Waals surface area contributed by atoms with Gasteiger partial charge in [0.2, 0.25) is 0 Å². The van der Waals surface area contributed by atoms with Crippen LogP contribution in [-0.2, 0) is 9.59 Å². The molecule has 0 aromatic heterocycles. The summed E-state index contributed by atoms with van der Waals surface area (Å²) < 4.78 is 10.7. The van der Waals surface area contributed by atoms with Crippen LogP contribution in [0.5, 0.6) is 11.5 Å². The largest absolute Gasteiger partial charge is 0.497 e. The van der Waals surface area contributed by atoms with Gasteiger partial charge in [-0.3, -0.25) is 9.59 Å². The first-order valence-electron chi connectivity index (χ1n) is 10.2. The molecule has 1 aliphatic heterocycles. The Hall–Kier alpha value is -4.06. The number of hydrogen-bond acceptors (Lipinski definition) is 5. The maximum absolute atomic E-state index is 13.6. The smallest absolute Gasteiger partial charge is 0.282 e. The molecule has 0 spiro atoms. The van der Waals surface area contributed by atoms with E-state index in [0.29, 0.717) is 28.3 Å². The van der Waals surface area contributed by atoms with Gasteiger partial charge in [0.15, 0.2) is 0 Å². The number of imide groups is 1. The number of carbonyl (C=O) groups excluding carboxylic acids is 2. The molecule has 0 saturated carbocycles. The van der Waals surface area contributed by atoms with Crippen LogP contribution in [-0.4, -0.2) is 26.0 Å². The highest BCUT2D eigenvalue weighted by molar-refractivity contribution is 6.46. The SMILES string of the molecule is COc1ccc(N2C(=O)C(Nc3ccc(C)c(C)c3)=C(c3ccccc3)C2=O)c(OC)c1. The van der Waals surface area contributed by atoms with Crippen molar-refractivity contribution < 1.29 is 19.1 Å². The number of amides is 2. The van der Waals surface area contributed by atoms with Crippen LogP contribution in [0.2, 0.25) is 0 Å². The second-order valence-corrected chi connectivity index (χ2v) is 7.52. The lowest BCUT2D eigenvalue weighted by Gasteiger charge is -2.19. The zero-order chi connectivity index (χ0) is 22.8. The minimum Gasteiger partial charge on any atom is -0.497 e. The van der Waals surface area contributed by atoms with Crippen LogP contribution in [0.15, 0.2) is 72.4 Å². The number of methoxy groups -OCH3 is 2. The van der Waals surface area contributed by atoms with E-state index < -0.39 is 11.8 Å². The molecule has 6 nitrogen and oxygen atoms in total. The third kappa shape index (κ3) is 3.71. The summed E-state index contributed by atoms with van der Waals surface area (Å²) in [6, 6.07) is 20.0. The average Bonchev–Trinajstić information content (AvgIpc) is 3.05. The monoisotopic (exact) mass is 428 g/mol. The first-order valence-corrected chi connectivity index (χ1v) is 10.2. The van der Waals surface area contributed by atoms with Gasteiger partial charge in [0.25, 0.3) is 11.8 Å². The van der Waals surface area contributed by atoms with Crippen LogP contribution in [0.4, 0.5) is 11.4 Å². The molecule has 2 amide bonds. The molecule has 4 rings (SSSR count). The van der Waals surface area contributed by atoms with Gasteiger partial charge < -0.3 is 14.8 Å². The van der Waals surface area contributed by atoms with Gasteiger partial charge in [-0.15, -0.1) is 0 Å². The van der Waals surface area contributed by atoms with Crippen LogP contribution in [0.25, 0.3) is 5.57 Å². The Bertz CT molecular complexity index is 1230. The quantitative estimate of drug-likeness (QED) is 0.576. The van der Waals surface area contributed by atoms with E-state index in [2.05, 4.69) is 5.32 Å². The number of hydrogen-bond donors (Lipinski definition) is 1. The molecule has 0 unspecified atom stereocenters. The van der Waals surface area contributed by atoms with E-state index in [0.717, 1.165) is 21.7 Å². The number of rotatable bonds is 6. The Morgan fingerprint density at radius 1 is 0.781 bits per heavy atom. The number of aryl methyl sites for hydroxylation is 2. The van der Waals surface area contributed by atoms with Crippen molar-refractivity contribution in [2.45, 2.75) is 13.8 Å². The van der Waals surface area contributed by atoms with Crippen LogP contribution in [0.1, 0.15) is 16.7 Å². The molecule has 0 fully saturated rings. The van der Waals surface area contributed by atoms with Gasteiger partial charge >= 0.3 is 0 Å². The molecule has 0 aliphatic carbocycles. The molecule has 6 heteroatoms. The molecule has 0 radical (unpaired) electrons. The molecule has 1 heterocycles. The highest BCUT2D eigenvalue weighted by Crippen LogP contribution is 2.39. The summed E-state index contributed by atoms with van der Waals surface area (Å²) in [6.07, 6.45) is 0. The van der Waals surface area contributed by atoms with Crippen molar-refractivity contribution in [1.82, 2.24) is 0 Å². The molecule has 0 bridgehead atoms. The fourth-order valence-electron chi connectivity index (χ4n) is 3.67. The molecule has 32 heavy (non-hydrogen) atoms. The number of benzene rings is 3. The molecular formula is C26H24N2O4. The topological polar surface area (TPSA) is 67.9 Å². The average molecular weight is 428 g/mol. The minimum absolute atomic E-state index is 0.224. The summed E-state index contributed by atoms with van der Waals surface area (Å²) in [5.41, 5.74) is 4.52. The van der Waals surface area contributed by atoms with Crippen LogP contribution in [0, 0.1) is 13.8 Å². The Morgan fingerprint density at radius 2 is 1.53 bits per heavy atom. The molecule has 162 valence electrons. The highest BCUT2D eigenvalue weighted by atomic mass is 16.5. The second-order valence-electron chi connectivity index (χ2n) is 7.52. The van der Waals surface area contributed by atoms with E-state index >= 15 is 0 Å². The van der Waals surface area contributed by atoms with Gasteiger partial charge in [-0.25, -0.2) is 4.90 Å². The molecular weight excluding hydrogens is 404 g/mol. The Labute approximate surface area is 187 Å². The summed E-state index contributed by atoms with van der Waals surface area (Å²) in [5, 5.41) is 3.20. The van der Waals surface area contributed by atoms with Crippen LogP contribution in [0.3, 0.4) is 0 Å². The number of anilines is 2. The maximum Gasteiger partial charge on any atom is 0.282 e. The molecule has 1 aliphatic rings. The van der Waals surface area contributed by atoms with Crippen molar-refractivity contribution in [1.29, 1.82) is 0 Å². The van der Waals surface area contributed by atoms with Gasteiger partial charge in [0, 0.05) is 11.8 Å². The molecule has 3 aromatic rings. The van der Waals surface area contributed by atoms with E-state index in [1.165, 1.54) is 7.11 Å². The van der Waals surface area contributed by atoms with Crippen LogP contribution >= 0.6 is 0 Å². The van der Waals surface area contributed by atoms with Crippen molar-refractivity contribution in [3.8, 4) is 11.5 Å². The number of nitrogens with zero attached hydrogens (tertiary/aromatic N) is 1. The third-order valence-electron chi connectivity index (χ3n) is 5.55. The minimum atomic E-state index is -0.449. The lowest BCUT2D eigenvalue weighted by molar-refractivity contribution is -0.120. The van der Waals surface area contributed by atoms with E-state index in [4.69, 9.17) is 9.47 Å². The summed E-state index contributed by atoms with van der Waals surface area (Å²) in [4.78, 5) is 28.3. The molecule has 0 saturated heterocycles. The number of ether oxygens (including phenoxy) is 2. The second kappa shape index (κ2) is 8.59. The van der Waals surface area contributed by atoms with E-state index in [1.54, 1.807) is 25.3 Å². The summed E-state index contributed by atoms with van der Waals surface area (Å²) in [7, 11) is 3.03. The zero-order valence-electron chi connectivity index (χ0n) is 18.4. The lowest BCUT2D eigenvalue weighted by atomic mass is 10.0. The van der Waals surface area contributed by atoms with Gasteiger partial charge in [-0.1, -0.05) is 36.4 Å². The van der Waals surface area contributed by atoms with Crippen molar-refractivity contribution in [2.75, 3.05) is 24.4 Å². The summed E-state index contributed by atoms with van der Waals surface area (Å²) >= 11 is 0. The zero-order valence-corrected chi connectivity index (χ0v) is 18.4. The fraction of sp³-hybridized carbons (Fsp3) is 0.154. The van der Waals surface area contributed by atoms with Gasteiger partial charge in [0.1, 0.15) is 17.2 Å². The van der Waals surface area contributed by atoms with Crippen LogP contribution < -0.4 is 19.7 Å². The predicted molar refractivity (Wildman–Crippen MR) is 125 cm³/mol. The number of nitrogens with one attached hydrogen (secondary N) is 1. The summed E-state index contributed by atoms with van der Waals surface area (Å²) in [6.45, 7) is 4.03. The van der Waals surface area contributed by atoms with E-state index in [9.17, 15) is 9.59 Å². The first-order chi connectivity index (χ1) is 15.4. The first kappa shape index (κ1) is 21.2. The lowest BCUT2D eigenvalue weighted by Crippen LogP contribution is -2.32. The van der Waals surface area contributed by atoms with Gasteiger partial charge in [-0.2, -0.15) is 0 Å². The molecule has 0 atom stereocenters. The Morgan fingerprint density at radius 3 is 2.19 bits per heavy atom. The third-order valence-corrected chi connectivity index (χ3v) is 5.55. The normalized spacial score (nSPS) is 13.6. The Kier molecular flexibility index (Phi) is 5.69. The molecule has 1 N–H and O–H groups in total. The predicted octanol–water partition coefficient (Wildman–Crippen LogP) is 4.72. The molecule has 3 aromatic carbocycles. The maximum atomic E-state index is 13.6. The van der Waals surface area contributed by atoms with Crippen molar-refractivity contribution in [3.05, 3.63) is 89.1 Å². The Balaban J connectivity index is 1.83. The standard InChI is InChI=1S/C26H24N2O4/c1-16-10-11-19(14-17(16)2)27-24-23(18-8-6-5-7-9-18)25(29)28(26(24)30)21-13-12-20(31-3)15-22(21)32-4/h5-15,27H,1-4H3. The van der Waals surface area contributed by atoms with E-state index in [1.807, 2.05) is 62.4 Å². The van der Waals surface area contributed by atoms with Crippen molar-refractivity contribution >= 4 is 28.8 Å². The summed E-state index contributed by atoms with van der Waals surface area (Å²) in [5.74, 6) is 0.0619. The fourth-order valence-corrected chi connectivity index (χ4v) is 3.67. The van der Waals surface area contributed by atoms with Gasteiger partial charge in [-0.05, 0) is 54.8 Å². The number of carbonyl (C=O) groups is 2. The van der Waals surface area contributed by atoms with Crippen molar-refractivity contribution in [2.24, 2.45) is 0 Å². The van der Waals surface area contributed by atoms with Gasteiger partial charge in [0.05, 0.1) is 25.5 Å². The highest BCUT2D eigenvalue weighted by Gasteiger charge is 2.41. The van der Waals surface area contributed by atoms with E-state index in [-0.39, 0.29) is 5.70 Å². The van der Waals surface area contributed by atoms with Crippen molar-refractivity contribution in [3.63, 3.8) is 0 Å².